The summed E-state index contributed by atoms with van der Waals surface area (Å²) in [6, 6.07) is 15.0. The van der Waals surface area contributed by atoms with Crippen LogP contribution in [0.25, 0.3) is 11.1 Å². The number of nitrogens with zero attached hydrogens (tertiary/aromatic N) is 1. The van der Waals surface area contributed by atoms with Gasteiger partial charge in [-0.2, -0.15) is 0 Å². The van der Waals surface area contributed by atoms with E-state index in [1.165, 1.54) is 0 Å². The third-order valence-electron chi connectivity index (χ3n) is 7.05. The molecule has 1 heterocycles. The maximum absolute atomic E-state index is 13.3. The normalized spacial score (nSPS) is 19.5. The molecule has 2 aromatic rings. The molecule has 0 bridgehead atoms. The van der Waals surface area contributed by atoms with Crippen molar-refractivity contribution < 1.29 is 24.2 Å². The summed E-state index contributed by atoms with van der Waals surface area (Å²) in [5.41, 5.74) is 5.54. The summed E-state index contributed by atoms with van der Waals surface area (Å²) in [6.07, 6.45) is 1.95. The molecule has 3 unspecified atom stereocenters. The van der Waals surface area contributed by atoms with Gasteiger partial charge in [0.25, 0.3) is 0 Å². The fraction of sp³-hybridized carbons (Fsp3) is 0.393. The molecule has 3 atom stereocenters. The van der Waals surface area contributed by atoms with E-state index in [0.29, 0.717) is 19.4 Å². The lowest BCUT2D eigenvalue weighted by atomic mass is 9.98. The number of amides is 2. The molecule has 2 amide bonds. The fourth-order valence-electron chi connectivity index (χ4n) is 5.14. The van der Waals surface area contributed by atoms with Crippen LogP contribution in [-0.2, 0) is 14.3 Å². The Morgan fingerprint density at radius 1 is 1.09 bits per heavy atom. The van der Waals surface area contributed by atoms with Gasteiger partial charge in [0.05, 0.1) is 5.92 Å². The largest absolute Gasteiger partial charge is 0.481 e. The minimum Gasteiger partial charge on any atom is -0.481 e. The standard InChI is InChI=1S/C28H32N2O5/c1-17(2)12-13-25(26(31)30-15-14-19(18(30)3)27(32)33)29-28(34)35-16-24-22-10-6-4-8-20(22)21-9-5-7-11-23(21)24/h4-12,18-19,24-25H,13-16H2,1-3H3,(H,29,34)(H,32,33). The first-order valence-corrected chi connectivity index (χ1v) is 12.1. The second-order valence-corrected chi connectivity index (χ2v) is 9.55. The minimum atomic E-state index is -0.904. The molecule has 1 saturated heterocycles. The van der Waals surface area contributed by atoms with Crippen LogP contribution in [0.4, 0.5) is 4.79 Å². The number of carboxylic acids is 1. The number of hydrogen-bond donors (Lipinski definition) is 2. The van der Waals surface area contributed by atoms with Gasteiger partial charge in [-0.3, -0.25) is 9.59 Å². The zero-order chi connectivity index (χ0) is 25.1. The molecule has 0 aromatic heterocycles. The van der Waals surface area contributed by atoms with Gasteiger partial charge >= 0.3 is 12.1 Å². The summed E-state index contributed by atoms with van der Waals surface area (Å²) in [4.78, 5) is 39.2. The predicted molar refractivity (Wildman–Crippen MR) is 133 cm³/mol. The molecular weight excluding hydrogens is 444 g/mol. The van der Waals surface area contributed by atoms with Crippen molar-refractivity contribution in [3.63, 3.8) is 0 Å². The molecule has 2 aliphatic rings. The van der Waals surface area contributed by atoms with Gasteiger partial charge in [-0.05, 0) is 55.9 Å². The SMILES string of the molecule is CC(C)=CCC(NC(=O)OCC1c2ccccc2-c2ccccc21)C(=O)N1CCC(C(=O)O)C1C. The number of carbonyl (C=O) groups is 3. The highest BCUT2D eigenvalue weighted by Gasteiger charge is 2.40. The number of fused-ring (bicyclic) bond motifs is 3. The Labute approximate surface area is 205 Å². The van der Waals surface area contributed by atoms with E-state index in [2.05, 4.69) is 29.6 Å². The third kappa shape index (κ3) is 5.09. The first-order valence-electron chi connectivity index (χ1n) is 12.1. The monoisotopic (exact) mass is 476 g/mol. The van der Waals surface area contributed by atoms with Gasteiger partial charge in [0.1, 0.15) is 12.6 Å². The van der Waals surface area contributed by atoms with E-state index in [0.717, 1.165) is 27.8 Å². The van der Waals surface area contributed by atoms with Crippen molar-refractivity contribution in [1.82, 2.24) is 10.2 Å². The molecule has 184 valence electrons. The van der Waals surface area contributed by atoms with Gasteiger partial charge in [-0.25, -0.2) is 4.79 Å². The van der Waals surface area contributed by atoms with E-state index in [1.54, 1.807) is 11.8 Å². The molecule has 2 N–H and O–H groups in total. The predicted octanol–water partition coefficient (Wildman–Crippen LogP) is 4.57. The number of carboxylic acid groups (broad SMARTS) is 1. The van der Waals surface area contributed by atoms with E-state index < -0.39 is 30.1 Å². The number of aliphatic carboxylic acids is 1. The average Bonchev–Trinajstić information content (AvgIpc) is 3.38. The van der Waals surface area contributed by atoms with Gasteiger partial charge in [-0.15, -0.1) is 0 Å². The third-order valence-corrected chi connectivity index (χ3v) is 7.05. The number of likely N-dealkylation sites (tertiary alicyclic amines) is 1. The Morgan fingerprint density at radius 3 is 2.23 bits per heavy atom. The number of alkyl carbamates (subject to hydrolysis) is 1. The Bertz CT molecular complexity index is 1110. The van der Waals surface area contributed by atoms with E-state index in [1.807, 2.05) is 44.2 Å². The second kappa shape index (κ2) is 10.3. The number of hydrogen-bond acceptors (Lipinski definition) is 4. The minimum absolute atomic E-state index is 0.0741. The molecular formula is C28H32N2O5. The molecule has 0 radical (unpaired) electrons. The van der Waals surface area contributed by atoms with Crippen molar-refractivity contribution in [1.29, 1.82) is 0 Å². The number of rotatable bonds is 7. The first kappa shape index (κ1) is 24.5. The Morgan fingerprint density at radius 2 is 1.69 bits per heavy atom. The number of allylic oxidation sites excluding steroid dienone is 1. The van der Waals surface area contributed by atoms with Crippen LogP contribution in [0, 0.1) is 5.92 Å². The first-order chi connectivity index (χ1) is 16.8. The maximum Gasteiger partial charge on any atom is 0.407 e. The molecule has 0 saturated carbocycles. The number of nitrogens with one attached hydrogen (secondary N) is 1. The van der Waals surface area contributed by atoms with Crippen molar-refractivity contribution in [3.05, 3.63) is 71.3 Å². The fourth-order valence-corrected chi connectivity index (χ4v) is 5.14. The molecule has 1 aliphatic heterocycles. The quantitative estimate of drug-likeness (QED) is 0.571. The van der Waals surface area contributed by atoms with Gasteiger partial charge in [0, 0.05) is 18.5 Å². The highest BCUT2D eigenvalue weighted by molar-refractivity contribution is 5.87. The topological polar surface area (TPSA) is 95.9 Å². The molecule has 0 spiro atoms. The highest BCUT2D eigenvalue weighted by Crippen LogP contribution is 2.44. The summed E-state index contributed by atoms with van der Waals surface area (Å²) in [5.74, 6) is -1.86. The Balaban J connectivity index is 1.45. The van der Waals surface area contributed by atoms with Crippen LogP contribution in [0.1, 0.15) is 50.7 Å². The number of ether oxygens (including phenoxy) is 1. The van der Waals surface area contributed by atoms with E-state index in [-0.39, 0.29) is 18.4 Å². The summed E-state index contributed by atoms with van der Waals surface area (Å²) >= 11 is 0. The smallest absolute Gasteiger partial charge is 0.407 e. The lowest BCUT2D eigenvalue weighted by molar-refractivity contribution is -0.143. The number of carbonyl (C=O) groups excluding carboxylic acids is 2. The maximum atomic E-state index is 13.3. The van der Waals surface area contributed by atoms with E-state index in [4.69, 9.17) is 4.74 Å². The van der Waals surface area contributed by atoms with E-state index >= 15 is 0 Å². The van der Waals surface area contributed by atoms with Crippen LogP contribution in [0.3, 0.4) is 0 Å². The molecule has 1 fully saturated rings. The Kier molecular flexibility index (Phi) is 7.24. The van der Waals surface area contributed by atoms with Gasteiger partial charge in [-0.1, -0.05) is 60.2 Å². The summed E-state index contributed by atoms with van der Waals surface area (Å²) in [7, 11) is 0. The van der Waals surface area contributed by atoms with Crippen LogP contribution >= 0.6 is 0 Å². The molecule has 2 aromatic carbocycles. The number of benzene rings is 2. The van der Waals surface area contributed by atoms with Crippen molar-refractivity contribution in [2.45, 2.75) is 51.6 Å². The summed E-state index contributed by atoms with van der Waals surface area (Å²) in [5, 5.41) is 12.2. The van der Waals surface area contributed by atoms with Crippen LogP contribution in [0.2, 0.25) is 0 Å². The van der Waals surface area contributed by atoms with Crippen molar-refractivity contribution in [2.24, 2.45) is 5.92 Å². The van der Waals surface area contributed by atoms with Crippen LogP contribution in [0.15, 0.2) is 60.2 Å². The van der Waals surface area contributed by atoms with Crippen molar-refractivity contribution >= 4 is 18.0 Å². The van der Waals surface area contributed by atoms with Crippen LogP contribution < -0.4 is 5.32 Å². The molecule has 35 heavy (non-hydrogen) atoms. The van der Waals surface area contributed by atoms with Gasteiger partial charge < -0.3 is 20.1 Å². The lowest BCUT2D eigenvalue weighted by Gasteiger charge is -2.28. The summed E-state index contributed by atoms with van der Waals surface area (Å²) < 4.78 is 5.64. The zero-order valence-electron chi connectivity index (χ0n) is 20.4. The molecule has 7 nitrogen and oxygen atoms in total. The zero-order valence-corrected chi connectivity index (χ0v) is 20.4. The van der Waals surface area contributed by atoms with Crippen LogP contribution in [0.5, 0.6) is 0 Å². The average molecular weight is 477 g/mol. The second-order valence-electron chi connectivity index (χ2n) is 9.55. The van der Waals surface area contributed by atoms with Crippen molar-refractivity contribution in [3.8, 4) is 11.1 Å². The molecule has 4 rings (SSSR count). The Hall–Kier alpha value is -3.61. The lowest BCUT2D eigenvalue weighted by Crippen LogP contribution is -2.50. The van der Waals surface area contributed by atoms with E-state index in [9.17, 15) is 19.5 Å². The van der Waals surface area contributed by atoms with Crippen LogP contribution in [-0.4, -0.2) is 53.2 Å². The highest BCUT2D eigenvalue weighted by atomic mass is 16.5. The van der Waals surface area contributed by atoms with Crippen molar-refractivity contribution in [2.75, 3.05) is 13.2 Å². The van der Waals surface area contributed by atoms with Gasteiger partial charge in [0.2, 0.25) is 5.91 Å². The summed E-state index contributed by atoms with van der Waals surface area (Å²) in [6.45, 7) is 6.11. The molecule has 1 aliphatic carbocycles. The van der Waals surface area contributed by atoms with Gasteiger partial charge in [0.15, 0.2) is 0 Å². The molecule has 7 heteroatoms.